The Hall–Kier alpha value is -0.650. The molecule has 1 nitrogen and oxygen atoms in total. The normalized spacial score (nSPS) is 19.7. The Labute approximate surface area is 93.8 Å². The van der Waals surface area contributed by atoms with Gasteiger partial charge in [0.05, 0.1) is 6.04 Å². The molecule has 1 unspecified atom stereocenters. The molecular formula is C9H15F4NS. The molecule has 6 heteroatoms. The largest absolute Gasteiger partial charge is 0.379 e. The molecule has 0 fully saturated rings. The molecule has 1 rings (SSSR count). The van der Waals surface area contributed by atoms with E-state index in [9.17, 15) is 17.7 Å². The Kier molecular flexibility index (Phi) is 8.51. The average molecular weight is 245 g/mol. The zero-order chi connectivity index (χ0) is 11.3. The van der Waals surface area contributed by atoms with Crippen molar-refractivity contribution in [3.8, 4) is 0 Å². The van der Waals surface area contributed by atoms with Crippen molar-refractivity contribution in [2.45, 2.75) is 33.5 Å². The van der Waals surface area contributed by atoms with E-state index in [4.69, 9.17) is 0 Å². The second kappa shape index (κ2) is 7.62. The standard InChI is InChI=1S/C8H12FN.CHF3.H2S/c1-6-4-7(2)10(9)8(3)5-6;2-1(3)4;/h4-5,7H,1-3H3;1H;1H2. The molecule has 0 radical (unpaired) electrons. The minimum Gasteiger partial charge on any atom is -0.210 e. The second-order valence-corrected chi connectivity index (χ2v) is 3.00. The van der Waals surface area contributed by atoms with Gasteiger partial charge in [-0.3, -0.25) is 0 Å². The molecule has 0 aliphatic carbocycles. The SMILES string of the molecule is CC1=CC(C)N(F)C(C)=C1.FC(F)F.S. The summed E-state index contributed by atoms with van der Waals surface area (Å²) in [7, 11) is 0. The Bertz CT molecular complexity index is 238. The molecule has 1 heterocycles. The highest BCUT2D eigenvalue weighted by Crippen LogP contribution is 2.19. The van der Waals surface area contributed by atoms with Gasteiger partial charge in [0.2, 0.25) is 0 Å². The zero-order valence-corrected chi connectivity index (χ0v) is 9.77. The van der Waals surface area contributed by atoms with Crippen molar-refractivity contribution in [2.24, 2.45) is 0 Å². The fourth-order valence-corrected chi connectivity index (χ4v) is 1.21. The topological polar surface area (TPSA) is 3.24 Å². The molecule has 0 aromatic carbocycles. The average Bonchev–Trinajstić information content (AvgIpc) is 1.98. The summed E-state index contributed by atoms with van der Waals surface area (Å²) in [6.07, 6.45) is 3.73. The molecule has 1 atom stereocenters. The van der Waals surface area contributed by atoms with Gasteiger partial charge in [0.15, 0.2) is 0 Å². The van der Waals surface area contributed by atoms with E-state index in [0.29, 0.717) is 5.70 Å². The third-order valence-corrected chi connectivity index (χ3v) is 1.64. The van der Waals surface area contributed by atoms with E-state index in [0.717, 1.165) is 10.7 Å². The second-order valence-electron chi connectivity index (χ2n) is 3.00. The van der Waals surface area contributed by atoms with Crippen LogP contribution in [0.3, 0.4) is 0 Å². The van der Waals surface area contributed by atoms with Crippen molar-refractivity contribution in [1.82, 2.24) is 5.12 Å². The van der Waals surface area contributed by atoms with Gasteiger partial charge in [-0.1, -0.05) is 16.1 Å². The monoisotopic (exact) mass is 245 g/mol. The minimum absolute atomic E-state index is 0. The van der Waals surface area contributed by atoms with Gasteiger partial charge in [-0.2, -0.15) is 26.7 Å². The highest BCUT2D eigenvalue weighted by atomic mass is 32.1. The molecule has 90 valence electrons. The predicted molar refractivity (Wildman–Crippen MR) is 57.4 cm³/mol. The number of hydrogen-bond donors (Lipinski definition) is 0. The summed E-state index contributed by atoms with van der Waals surface area (Å²) in [5.41, 5.74) is 1.83. The lowest BCUT2D eigenvalue weighted by Crippen LogP contribution is -2.24. The third-order valence-electron chi connectivity index (χ3n) is 1.64. The highest BCUT2D eigenvalue weighted by molar-refractivity contribution is 7.59. The van der Waals surface area contributed by atoms with Gasteiger partial charge in [-0.15, -0.1) is 0 Å². The van der Waals surface area contributed by atoms with Gasteiger partial charge in [-0.05, 0) is 26.8 Å². The molecule has 1 aliphatic heterocycles. The van der Waals surface area contributed by atoms with Crippen molar-refractivity contribution in [3.05, 3.63) is 23.4 Å². The first-order valence-electron chi connectivity index (χ1n) is 4.08. The summed E-state index contributed by atoms with van der Waals surface area (Å²) in [6, 6.07) is -0.106. The predicted octanol–water partition coefficient (Wildman–Crippen LogP) is 3.72. The lowest BCUT2D eigenvalue weighted by molar-refractivity contribution is 0.00819. The zero-order valence-electron chi connectivity index (χ0n) is 8.77. The maximum absolute atomic E-state index is 12.9. The van der Waals surface area contributed by atoms with E-state index >= 15 is 0 Å². The number of nitrogens with zero attached hydrogens (tertiary/aromatic N) is 1. The van der Waals surface area contributed by atoms with Crippen LogP contribution < -0.4 is 0 Å². The van der Waals surface area contributed by atoms with Crippen LogP contribution in [-0.4, -0.2) is 17.8 Å². The quantitative estimate of drug-likeness (QED) is 0.464. The van der Waals surface area contributed by atoms with Crippen LogP contribution in [0.1, 0.15) is 20.8 Å². The van der Waals surface area contributed by atoms with Gasteiger partial charge >= 0.3 is 6.68 Å². The lowest BCUT2D eigenvalue weighted by atomic mass is 10.1. The first-order chi connectivity index (χ1) is 6.34. The van der Waals surface area contributed by atoms with Gasteiger partial charge in [0, 0.05) is 5.70 Å². The van der Waals surface area contributed by atoms with Crippen molar-refractivity contribution in [3.63, 3.8) is 0 Å². The minimum atomic E-state index is -3.67. The van der Waals surface area contributed by atoms with Crippen LogP contribution in [0.2, 0.25) is 0 Å². The summed E-state index contributed by atoms with van der Waals surface area (Å²) in [5, 5.41) is 0.771. The molecule has 0 aromatic rings. The molecule has 0 spiro atoms. The first kappa shape index (κ1) is 16.8. The third kappa shape index (κ3) is 7.30. The number of hydrogen-bond acceptors (Lipinski definition) is 1. The Morgan fingerprint density at radius 1 is 1.27 bits per heavy atom. The fraction of sp³-hybridized carbons (Fsp3) is 0.556. The van der Waals surface area contributed by atoms with Crippen LogP contribution in [0.25, 0.3) is 0 Å². The van der Waals surface area contributed by atoms with Crippen LogP contribution in [0, 0.1) is 0 Å². The van der Waals surface area contributed by atoms with Gasteiger partial charge in [0.1, 0.15) is 0 Å². The first-order valence-corrected chi connectivity index (χ1v) is 4.08. The molecule has 0 bridgehead atoms. The maximum Gasteiger partial charge on any atom is 0.379 e. The van der Waals surface area contributed by atoms with Crippen molar-refractivity contribution >= 4 is 13.5 Å². The smallest absolute Gasteiger partial charge is 0.210 e. The number of alkyl halides is 3. The van der Waals surface area contributed by atoms with E-state index in [2.05, 4.69) is 0 Å². The molecule has 0 saturated carbocycles. The molecule has 1 aliphatic rings. The van der Waals surface area contributed by atoms with E-state index in [1.54, 1.807) is 6.92 Å². The van der Waals surface area contributed by atoms with Crippen molar-refractivity contribution in [2.75, 3.05) is 0 Å². The maximum atomic E-state index is 12.9. The Balaban J connectivity index is 0. The van der Waals surface area contributed by atoms with Crippen LogP contribution in [0.15, 0.2) is 23.4 Å². The number of rotatable bonds is 0. The summed E-state index contributed by atoms with van der Waals surface area (Å²) >= 11 is 0. The summed E-state index contributed by atoms with van der Waals surface area (Å²) in [5.74, 6) is 0. The van der Waals surface area contributed by atoms with Crippen molar-refractivity contribution < 1.29 is 17.7 Å². The molecule has 0 N–H and O–H groups in total. The number of allylic oxidation sites excluding steroid dienone is 3. The molecule has 0 amide bonds. The summed E-state index contributed by atoms with van der Waals surface area (Å²) < 4.78 is 41.9. The van der Waals surface area contributed by atoms with Crippen LogP contribution in [0.5, 0.6) is 0 Å². The van der Waals surface area contributed by atoms with Gasteiger partial charge in [-0.25, -0.2) is 5.12 Å². The fourth-order valence-electron chi connectivity index (χ4n) is 1.21. The summed E-state index contributed by atoms with van der Waals surface area (Å²) in [4.78, 5) is 0. The highest BCUT2D eigenvalue weighted by Gasteiger charge is 2.14. The van der Waals surface area contributed by atoms with Crippen molar-refractivity contribution in [1.29, 1.82) is 0 Å². The Morgan fingerprint density at radius 2 is 1.67 bits per heavy atom. The molecule has 0 aromatic heterocycles. The summed E-state index contributed by atoms with van der Waals surface area (Å²) in [6.45, 7) is 1.92. The number of halogens is 4. The molecule has 15 heavy (non-hydrogen) atoms. The van der Waals surface area contributed by atoms with E-state index in [-0.39, 0.29) is 19.5 Å². The van der Waals surface area contributed by atoms with Crippen LogP contribution in [0.4, 0.5) is 17.7 Å². The van der Waals surface area contributed by atoms with E-state index in [1.165, 1.54) is 0 Å². The lowest BCUT2D eigenvalue weighted by Gasteiger charge is -2.23. The molecule has 0 saturated heterocycles. The van der Waals surface area contributed by atoms with Gasteiger partial charge < -0.3 is 0 Å². The van der Waals surface area contributed by atoms with E-state index in [1.807, 2.05) is 26.0 Å². The van der Waals surface area contributed by atoms with Crippen LogP contribution >= 0.6 is 13.5 Å². The Morgan fingerprint density at radius 3 is 2.00 bits per heavy atom. The molecular weight excluding hydrogens is 230 g/mol. The van der Waals surface area contributed by atoms with E-state index < -0.39 is 6.68 Å². The van der Waals surface area contributed by atoms with Crippen LogP contribution in [-0.2, 0) is 0 Å². The van der Waals surface area contributed by atoms with Gasteiger partial charge in [0.25, 0.3) is 0 Å².